The van der Waals surface area contributed by atoms with E-state index in [0.717, 1.165) is 11.1 Å². The molecule has 1 heterocycles. The van der Waals surface area contributed by atoms with Crippen LogP contribution in [-0.2, 0) is 20.9 Å². The van der Waals surface area contributed by atoms with Gasteiger partial charge in [-0.05, 0) is 11.8 Å². The van der Waals surface area contributed by atoms with Crippen LogP contribution >= 0.6 is 35.7 Å². The molecule has 0 aliphatic carbocycles. The molecule has 1 aromatic carbocycles. The highest BCUT2D eigenvalue weighted by atomic mass is 127. The third kappa shape index (κ3) is 5.47. The van der Waals surface area contributed by atoms with E-state index < -0.39 is 18.1 Å². The Balaban J connectivity index is 0.00000338. The minimum absolute atomic E-state index is 0. The lowest BCUT2D eigenvalue weighted by molar-refractivity contribution is -0.459. The molecule has 1 amide bonds. The van der Waals surface area contributed by atoms with Crippen molar-refractivity contribution in [3.05, 3.63) is 46.5 Å². The lowest BCUT2D eigenvalue weighted by atomic mass is 10.1. The molecule has 142 valence electrons. The Labute approximate surface area is 175 Å². The number of halogens is 1. The fourth-order valence-electron chi connectivity index (χ4n) is 2.66. The number of methoxy groups -OCH3 is 1. The normalized spacial score (nSPS) is 16.0. The summed E-state index contributed by atoms with van der Waals surface area (Å²) in [4.78, 5) is 26.2. The monoisotopic (exact) mass is 491 g/mol. The van der Waals surface area contributed by atoms with E-state index in [9.17, 15) is 9.59 Å². The summed E-state index contributed by atoms with van der Waals surface area (Å²) in [5.41, 5.74) is 1.80. The maximum atomic E-state index is 12.7. The molecular weight excluding hydrogens is 467 g/mol. The molecule has 0 radical (unpaired) electrons. The number of hydrogen-bond acceptors (Lipinski definition) is 5. The summed E-state index contributed by atoms with van der Waals surface area (Å²) >= 11 is 1.41. The average molecular weight is 491 g/mol. The van der Waals surface area contributed by atoms with E-state index in [-0.39, 0.29) is 30.6 Å². The van der Waals surface area contributed by atoms with Crippen LogP contribution in [0.2, 0.25) is 0 Å². The van der Waals surface area contributed by atoms with Crippen LogP contribution in [0.3, 0.4) is 0 Å². The molecule has 0 saturated heterocycles. The highest BCUT2D eigenvalue weighted by Gasteiger charge is 2.42. The fourth-order valence-corrected chi connectivity index (χ4v) is 3.45. The van der Waals surface area contributed by atoms with Gasteiger partial charge in [-0.2, -0.15) is 0 Å². The largest absolute Gasteiger partial charge is 0.467 e. The van der Waals surface area contributed by atoms with E-state index in [2.05, 4.69) is 0 Å². The molecule has 8 heteroatoms. The van der Waals surface area contributed by atoms with Gasteiger partial charge < -0.3 is 9.47 Å². The number of benzene rings is 1. The van der Waals surface area contributed by atoms with Gasteiger partial charge in [0.05, 0.1) is 12.1 Å². The van der Waals surface area contributed by atoms with E-state index in [1.807, 2.05) is 61.5 Å². The second-order valence-corrected chi connectivity index (χ2v) is 6.58. The maximum Gasteiger partial charge on any atom is 0.415 e. The van der Waals surface area contributed by atoms with Crippen molar-refractivity contribution in [3.63, 3.8) is 0 Å². The Hall–Kier alpha value is -1.55. The van der Waals surface area contributed by atoms with Crippen molar-refractivity contribution in [2.24, 2.45) is 0 Å². The predicted molar refractivity (Wildman–Crippen MR) is 113 cm³/mol. The van der Waals surface area contributed by atoms with Crippen molar-refractivity contribution in [2.45, 2.75) is 19.1 Å². The van der Waals surface area contributed by atoms with E-state index in [1.54, 1.807) is 0 Å². The maximum absolute atomic E-state index is 12.7. The molecule has 6 nitrogen and oxygen atoms in total. The van der Waals surface area contributed by atoms with Gasteiger partial charge in [-0.15, -0.1) is 35.7 Å². The molecule has 26 heavy (non-hydrogen) atoms. The summed E-state index contributed by atoms with van der Waals surface area (Å²) in [5, 5.41) is 0.710. The summed E-state index contributed by atoms with van der Waals surface area (Å²) in [5.74, 6) is -0.453. The van der Waals surface area contributed by atoms with Crippen molar-refractivity contribution in [1.82, 2.24) is 4.90 Å². The van der Waals surface area contributed by atoms with Crippen LogP contribution in [0.15, 0.2) is 40.9 Å². The Kier molecular flexibility index (Phi) is 9.14. The van der Waals surface area contributed by atoms with Crippen molar-refractivity contribution >= 4 is 54.0 Å². The van der Waals surface area contributed by atoms with Crippen molar-refractivity contribution in [3.8, 4) is 0 Å². The number of carbonyl (C=O) groups excluding carboxylic acids is 2. The van der Waals surface area contributed by atoms with Gasteiger partial charge in [0, 0.05) is 12.0 Å². The molecule has 1 aromatic rings. The van der Waals surface area contributed by atoms with Gasteiger partial charge >= 0.3 is 12.1 Å². The van der Waals surface area contributed by atoms with Crippen LogP contribution < -0.4 is 0 Å². The quantitative estimate of drug-likeness (QED) is 0.274. The van der Waals surface area contributed by atoms with Gasteiger partial charge in [-0.1, -0.05) is 30.3 Å². The van der Waals surface area contributed by atoms with Crippen LogP contribution in [-0.4, -0.2) is 61.3 Å². The number of ether oxygens (including phenoxy) is 2. The van der Waals surface area contributed by atoms with Gasteiger partial charge in [-0.3, -0.25) is 4.90 Å². The van der Waals surface area contributed by atoms with Gasteiger partial charge in [-0.25, -0.2) is 14.2 Å². The Bertz CT molecular complexity index is 702. The van der Waals surface area contributed by atoms with Crippen LogP contribution in [0, 0.1) is 0 Å². The zero-order valence-electron chi connectivity index (χ0n) is 15.3. The summed E-state index contributed by atoms with van der Waals surface area (Å²) in [6.45, 7) is 0.151. The van der Waals surface area contributed by atoms with Crippen LogP contribution in [0.5, 0.6) is 0 Å². The zero-order valence-corrected chi connectivity index (χ0v) is 18.4. The van der Waals surface area contributed by atoms with Crippen molar-refractivity contribution < 1.29 is 23.6 Å². The number of thioether (sulfide) groups is 1. The van der Waals surface area contributed by atoms with Crippen molar-refractivity contribution in [1.29, 1.82) is 0 Å². The molecule has 0 fully saturated rings. The summed E-state index contributed by atoms with van der Waals surface area (Å²) < 4.78 is 12.2. The molecule has 2 rings (SSSR count). The molecule has 0 aromatic heterocycles. The Morgan fingerprint density at radius 3 is 2.50 bits per heavy atom. The Morgan fingerprint density at radius 1 is 1.31 bits per heavy atom. The number of nitrogens with zero attached hydrogens (tertiary/aromatic N) is 2. The van der Waals surface area contributed by atoms with E-state index >= 15 is 0 Å². The summed E-state index contributed by atoms with van der Waals surface area (Å²) in [6, 6.07) is 8.72. The van der Waals surface area contributed by atoms with Gasteiger partial charge in [0.1, 0.15) is 26.7 Å². The second kappa shape index (κ2) is 10.6. The fraction of sp³-hybridized carbons (Fsp3) is 0.389. The number of esters is 1. The molecule has 1 aliphatic heterocycles. The topological polar surface area (TPSA) is 58.9 Å². The molecule has 0 spiro atoms. The number of rotatable bonds is 5. The molecule has 1 atom stereocenters. The molecule has 0 bridgehead atoms. The third-order valence-corrected chi connectivity index (χ3v) is 4.55. The van der Waals surface area contributed by atoms with Crippen LogP contribution in [0.4, 0.5) is 4.79 Å². The molecule has 0 saturated carbocycles. The van der Waals surface area contributed by atoms with E-state index in [0.29, 0.717) is 11.4 Å². The van der Waals surface area contributed by atoms with Gasteiger partial charge in [0.15, 0.2) is 6.21 Å². The van der Waals surface area contributed by atoms with E-state index in [1.165, 1.54) is 23.8 Å². The molecule has 0 N–H and O–H groups in total. The smallest absolute Gasteiger partial charge is 0.415 e. The number of carbonyl (C=O) groups is 2. The zero-order chi connectivity index (χ0) is 18.4. The second-order valence-electron chi connectivity index (χ2n) is 5.78. The van der Waals surface area contributed by atoms with Gasteiger partial charge in [0.2, 0.25) is 0 Å². The SMILES string of the molecule is COC(=O)C1CC(C=[N+](C)C)=C(SC)N1C(=O)OCc1ccccc1.I. The number of amides is 1. The number of hydrogen-bond donors (Lipinski definition) is 0. The first kappa shape index (κ1) is 22.5. The third-order valence-electron chi connectivity index (χ3n) is 3.70. The average Bonchev–Trinajstić information content (AvgIpc) is 2.97. The summed E-state index contributed by atoms with van der Waals surface area (Å²) in [6.07, 6.45) is 3.63. The minimum atomic E-state index is -0.707. The summed E-state index contributed by atoms with van der Waals surface area (Å²) in [7, 11) is 5.12. The van der Waals surface area contributed by atoms with Crippen LogP contribution in [0.25, 0.3) is 0 Å². The predicted octanol–water partition coefficient (Wildman–Crippen LogP) is 3.11. The first-order valence-corrected chi connectivity index (χ1v) is 9.06. The molecular formula is C18H24IN2O4S+. The molecule has 1 unspecified atom stereocenters. The highest BCUT2D eigenvalue weighted by Crippen LogP contribution is 2.35. The highest BCUT2D eigenvalue weighted by molar-refractivity contribution is 14.0. The van der Waals surface area contributed by atoms with Crippen molar-refractivity contribution in [2.75, 3.05) is 27.5 Å². The standard InChI is InChI=1S/C18H23N2O4S.HI/c1-19(2)11-14-10-15(17(21)23-3)20(16(14)25-4)18(22)24-12-13-8-6-5-7-9-13;/h5-9,11,15H,10,12H2,1-4H3;1H/q+1;. The van der Waals surface area contributed by atoms with E-state index in [4.69, 9.17) is 9.47 Å². The molecule has 1 aliphatic rings. The lowest BCUT2D eigenvalue weighted by Gasteiger charge is -2.24. The lowest BCUT2D eigenvalue weighted by Crippen LogP contribution is -2.41. The van der Waals surface area contributed by atoms with Crippen LogP contribution in [0.1, 0.15) is 12.0 Å². The first-order valence-electron chi connectivity index (χ1n) is 7.84. The minimum Gasteiger partial charge on any atom is -0.467 e. The van der Waals surface area contributed by atoms with Gasteiger partial charge in [0.25, 0.3) is 0 Å². The Morgan fingerprint density at radius 2 is 1.96 bits per heavy atom. The first-order chi connectivity index (χ1) is 12.0.